The fourth-order valence-electron chi connectivity index (χ4n) is 4.94. The van der Waals surface area contributed by atoms with Gasteiger partial charge in [-0.1, -0.05) is 70.3 Å². The molecule has 0 radical (unpaired) electrons. The van der Waals surface area contributed by atoms with E-state index >= 15 is 0 Å². The number of benzene rings is 3. The molecule has 178 valence electrons. The SMILES string of the molecule is C=Cc1c(C=C)c2[nH]c(CC)nc2c2ccc(-c3cc4ccc(-c5cnc(C(C)C)[nH]5)cc4s3)cc12. The lowest BCUT2D eigenvalue weighted by Gasteiger charge is -2.10. The van der Waals surface area contributed by atoms with Crippen molar-refractivity contribution < 1.29 is 0 Å². The van der Waals surface area contributed by atoms with E-state index in [0.717, 1.165) is 62.3 Å². The van der Waals surface area contributed by atoms with Crippen molar-refractivity contribution in [3.05, 3.63) is 84.6 Å². The summed E-state index contributed by atoms with van der Waals surface area (Å²) in [6.07, 6.45) is 6.63. The second kappa shape index (κ2) is 8.61. The molecule has 0 aliphatic carbocycles. The highest BCUT2D eigenvalue weighted by Gasteiger charge is 2.16. The smallest absolute Gasteiger partial charge is 0.109 e. The van der Waals surface area contributed by atoms with Crippen molar-refractivity contribution in [1.82, 2.24) is 19.9 Å². The molecule has 36 heavy (non-hydrogen) atoms. The third-order valence-corrected chi connectivity index (χ3v) is 8.03. The second-order valence-corrected chi connectivity index (χ2v) is 10.5. The minimum atomic E-state index is 0.377. The van der Waals surface area contributed by atoms with E-state index in [4.69, 9.17) is 4.98 Å². The average molecular weight is 489 g/mol. The van der Waals surface area contributed by atoms with E-state index in [1.165, 1.54) is 20.5 Å². The molecule has 0 unspecified atom stereocenters. The molecule has 6 rings (SSSR count). The summed E-state index contributed by atoms with van der Waals surface area (Å²) in [5.41, 5.74) is 7.58. The van der Waals surface area contributed by atoms with Crippen LogP contribution in [0.4, 0.5) is 0 Å². The number of hydrogen-bond donors (Lipinski definition) is 2. The minimum absolute atomic E-state index is 0.377. The number of nitrogens with one attached hydrogen (secondary N) is 2. The molecular weight excluding hydrogens is 460 g/mol. The minimum Gasteiger partial charge on any atom is -0.342 e. The molecule has 0 atom stereocenters. The van der Waals surface area contributed by atoms with E-state index in [0.29, 0.717) is 5.92 Å². The van der Waals surface area contributed by atoms with Gasteiger partial charge in [0.1, 0.15) is 11.6 Å². The van der Waals surface area contributed by atoms with Gasteiger partial charge in [0.15, 0.2) is 0 Å². The molecule has 0 aliphatic rings. The van der Waals surface area contributed by atoms with Crippen molar-refractivity contribution in [2.24, 2.45) is 0 Å². The van der Waals surface area contributed by atoms with E-state index in [1.54, 1.807) is 0 Å². The van der Waals surface area contributed by atoms with Crippen LogP contribution < -0.4 is 0 Å². The molecule has 0 fully saturated rings. The summed E-state index contributed by atoms with van der Waals surface area (Å²) < 4.78 is 1.26. The fourth-order valence-corrected chi connectivity index (χ4v) is 6.03. The average Bonchev–Trinajstić information content (AvgIpc) is 3.64. The molecule has 2 N–H and O–H groups in total. The van der Waals surface area contributed by atoms with Gasteiger partial charge in [-0.2, -0.15) is 0 Å². The first-order chi connectivity index (χ1) is 17.5. The Labute approximate surface area is 214 Å². The maximum absolute atomic E-state index is 4.89. The van der Waals surface area contributed by atoms with Gasteiger partial charge < -0.3 is 9.97 Å². The van der Waals surface area contributed by atoms with Crippen LogP contribution in [0.1, 0.15) is 49.5 Å². The topological polar surface area (TPSA) is 57.4 Å². The lowest BCUT2D eigenvalue weighted by Crippen LogP contribution is -1.89. The number of aromatic amines is 2. The molecule has 0 amide bonds. The molecule has 0 bridgehead atoms. The maximum Gasteiger partial charge on any atom is 0.109 e. The summed E-state index contributed by atoms with van der Waals surface area (Å²) >= 11 is 1.81. The van der Waals surface area contributed by atoms with Crippen molar-refractivity contribution >= 4 is 55.4 Å². The highest BCUT2D eigenvalue weighted by molar-refractivity contribution is 7.22. The van der Waals surface area contributed by atoms with E-state index in [1.807, 2.05) is 29.7 Å². The monoisotopic (exact) mass is 488 g/mol. The van der Waals surface area contributed by atoms with Gasteiger partial charge in [0.25, 0.3) is 0 Å². The van der Waals surface area contributed by atoms with Crippen molar-refractivity contribution in [1.29, 1.82) is 0 Å². The second-order valence-electron chi connectivity index (χ2n) is 9.46. The van der Waals surface area contributed by atoms with E-state index in [9.17, 15) is 0 Å². The Morgan fingerprint density at radius 2 is 1.75 bits per heavy atom. The van der Waals surface area contributed by atoms with Gasteiger partial charge in [-0.3, -0.25) is 0 Å². The molecule has 0 aliphatic heterocycles. The van der Waals surface area contributed by atoms with Gasteiger partial charge in [-0.25, -0.2) is 9.97 Å². The summed E-state index contributed by atoms with van der Waals surface area (Å²) in [5.74, 6) is 2.38. The van der Waals surface area contributed by atoms with Gasteiger partial charge in [0.05, 0.1) is 22.9 Å². The summed E-state index contributed by atoms with van der Waals surface area (Å²) in [7, 11) is 0. The number of fused-ring (bicyclic) bond motifs is 4. The van der Waals surface area contributed by atoms with Crippen molar-refractivity contribution in [3.8, 4) is 21.7 Å². The highest BCUT2D eigenvalue weighted by atomic mass is 32.1. The summed E-state index contributed by atoms with van der Waals surface area (Å²) in [5, 5.41) is 3.53. The first-order valence-corrected chi connectivity index (χ1v) is 13.1. The van der Waals surface area contributed by atoms with Gasteiger partial charge in [-0.15, -0.1) is 11.3 Å². The van der Waals surface area contributed by atoms with E-state index in [2.05, 4.69) is 91.3 Å². The number of H-pyrrole nitrogens is 2. The molecule has 0 spiro atoms. The lowest BCUT2D eigenvalue weighted by molar-refractivity contribution is 0.795. The van der Waals surface area contributed by atoms with Crippen LogP contribution in [0.3, 0.4) is 0 Å². The molecule has 5 heteroatoms. The standard InChI is InChI=1S/C31H28N4S/c1-6-21-22(7-2)29-30(35-28(8-3)34-29)23-12-11-19(13-24(21)23)27-15-20-10-9-18(14-26(20)36-27)25-16-32-31(33-25)17(4)5/h6-7,9-17H,1-2,8H2,3-5H3,(H,32,33)(H,34,35). The van der Waals surface area contributed by atoms with Crippen LogP contribution in [-0.2, 0) is 6.42 Å². The summed E-state index contributed by atoms with van der Waals surface area (Å²) in [6.45, 7) is 14.6. The normalized spacial score (nSPS) is 11.8. The largest absolute Gasteiger partial charge is 0.342 e. The molecule has 3 aromatic carbocycles. The molecular formula is C31H28N4S. The van der Waals surface area contributed by atoms with Crippen LogP contribution in [0.25, 0.3) is 65.7 Å². The van der Waals surface area contributed by atoms with E-state index < -0.39 is 0 Å². The summed E-state index contributed by atoms with van der Waals surface area (Å²) in [4.78, 5) is 17.6. The van der Waals surface area contributed by atoms with Crippen molar-refractivity contribution in [2.45, 2.75) is 33.1 Å². The quantitative estimate of drug-likeness (QED) is 0.246. The number of aryl methyl sites for hydroxylation is 1. The fraction of sp³-hybridized carbons (Fsp3) is 0.161. The molecule has 0 saturated carbocycles. The maximum atomic E-state index is 4.89. The Bertz CT molecular complexity index is 1790. The first kappa shape index (κ1) is 22.5. The molecule has 0 saturated heterocycles. The molecule has 3 aromatic heterocycles. The van der Waals surface area contributed by atoms with Crippen LogP contribution in [0.2, 0.25) is 0 Å². The zero-order valence-corrected chi connectivity index (χ0v) is 21.6. The van der Waals surface area contributed by atoms with Gasteiger partial charge in [0.2, 0.25) is 0 Å². The number of nitrogens with zero attached hydrogens (tertiary/aromatic N) is 2. The summed E-state index contributed by atoms with van der Waals surface area (Å²) in [6, 6.07) is 15.6. The molecule has 6 aromatic rings. The predicted molar refractivity (Wildman–Crippen MR) is 156 cm³/mol. The lowest BCUT2D eigenvalue weighted by atomic mass is 9.95. The zero-order chi connectivity index (χ0) is 25.0. The van der Waals surface area contributed by atoms with Gasteiger partial charge in [0, 0.05) is 38.4 Å². The van der Waals surface area contributed by atoms with Crippen LogP contribution >= 0.6 is 11.3 Å². The predicted octanol–water partition coefficient (Wildman–Crippen LogP) is 8.96. The van der Waals surface area contributed by atoms with Crippen LogP contribution in [0, 0.1) is 0 Å². The number of thiophene rings is 1. The Hall–Kier alpha value is -3.96. The molecule has 4 nitrogen and oxygen atoms in total. The van der Waals surface area contributed by atoms with E-state index in [-0.39, 0.29) is 0 Å². The van der Waals surface area contributed by atoms with Crippen LogP contribution in [-0.4, -0.2) is 19.9 Å². The Kier molecular flexibility index (Phi) is 5.38. The third-order valence-electron chi connectivity index (χ3n) is 6.88. The van der Waals surface area contributed by atoms with Gasteiger partial charge >= 0.3 is 0 Å². The van der Waals surface area contributed by atoms with Crippen LogP contribution in [0.5, 0.6) is 0 Å². The number of aromatic nitrogens is 4. The third kappa shape index (κ3) is 3.50. The Balaban J connectivity index is 1.49. The first-order valence-electron chi connectivity index (χ1n) is 12.3. The number of imidazole rings is 2. The van der Waals surface area contributed by atoms with Gasteiger partial charge in [-0.05, 0) is 40.1 Å². The van der Waals surface area contributed by atoms with Crippen molar-refractivity contribution in [3.63, 3.8) is 0 Å². The Morgan fingerprint density at radius 3 is 2.47 bits per heavy atom. The number of rotatable bonds is 6. The van der Waals surface area contributed by atoms with Crippen molar-refractivity contribution in [2.75, 3.05) is 0 Å². The molecule has 3 heterocycles. The zero-order valence-electron chi connectivity index (χ0n) is 20.8. The highest BCUT2D eigenvalue weighted by Crippen LogP contribution is 2.40. The number of hydrogen-bond acceptors (Lipinski definition) is 3. The van der Waals surface area contributed by atoms with Crippen LogP contribution in [0.15, 0.2) is 61.8 Å². The Morgan fingerprint density at radius 1 is 0.944 bits per heavy atom.